The highest BCUT2D eigenvalue weighted by Gasteiger charge is 2.12. The summed E-state index contributed by atoms with van der Waals surface area (Å²) in [4.78, 5) is 13.6. The standard InChI is InChI=1S/C15H18N2O/c18-12-13-11-17(10-9-16-7-3-4-8-16)15-6-2-1-5-14(13)15/h1-2,5-6,11-12H,3-4,7-10H2. The highest BCUT2D eigenvalue weighted by atomic mass is 16.1. The Morgan fingerprint density at radius 2 is 1.89 bits per heavy atom. The molecule has 94 valence electrons. The maximum Gasteiger partial charge on any atom is 0.152 e. The molecule has 0 N–H and O–H groups in total. The Balaban J connectivity index is 1.84. The third kappa shape index (κ3) is 2.06. The summed E-state index contributed by atoms with van der Waals surface area (Å²) in [5, 5.41) is 1.06. The zero-order chi connectivity index (χ0) is 12.4. The van der Waals surface area contributed by atoms with E-state index < -0.39 is 0 Å². The van der Waals surface area contributed by atoms with Gasteiger partial charge in [0.25, 0.3) is 0 Å². The van der Waals surface area contributed by atoms with Crippen molar-refractivity contribution in [1.82, 2.24) is 9.47 Å². The Morgan fingerprint density at radius 1 is 1.11 bits per heavy atom. The molecular weight excluding hydrogens is 224 g/mol. The maximum absolute atomic E-state index is 11.1. The third-order valence-corrected chi connectivity index (χ3v) is 3.80. The molecule has 0 radical (unpaired) electrons. The SMILES string of the molecule is O=Cc1cn(CCN2CCCC2)c2ccccc12. The van der Waals surface area contributed by atoms with Gasteiger partial charge >= 0.3 is 0 Å². The van der Waals surface area contributed by atoms with Crippen LogP contribution in [0.15, 0.2) is 30.5 Å². The molecule has 0 spiro atoms. The molecule has 1 aromatic carbocycles. The second-order valence-electron chi connectivity index (χ2n) is 4.96. The van der Waals surface area contributed by atoms with E-state index in [1.165, 1.54) is 31.4 Å². The number of aromatic nitrogens is 1. The summed E-state index contributed by atoms with van der Waals surface area (Å²) in [6, 6.07) is 8.13. The number of carbonyl (C=O) groups excluding carboxylic acids is 1. The van der Waals surface area contributed by atoms with Crippen LogP contribution in [-0.2, 0) is 6.54 Å². The second kappa shape index (κ2) is 4.94. The number of benzene rings is 1. The van der Waals surface area contributed by atoms with Gasteiger partial charge in [-0.05, 0) is 32.0 Å². The Hall–Kier alpha value is -1.61. The number of para-hydroxylation sites is 1. The summed E-state index contributed by atoms with van der Waals surface area (Å²) >= 11 is 0. The largest absolute Gasteiger partial charge is 0.345 e. The molecule has 0 amide bonds. The highest BCUT2D eigenvalue weighted by molar-refractivity contribution is 5.97. The smallest absolute Gasteiger partial charge is 0.152 e. The fraction of sp³-hybridized carbons (Fsp3) is 0.400. The summed E-state index contributed by atoms with van der Waals surface area (Å²) in [6.45, 7) is 4.49. The Morgan fingerprint density at radius 3 is 2.67 bits per heavy atom. The van der Waals surface area contributed by atoms with Gasteiger partial charge in [0.2, 0.25) is 0 Å². The average molecular weight is 242 g/mol. The summed E-state index contributed by atoms with van der Waals surface area (Å²) in [5.41, 5.74) is 1.96. The number of carbonyl (C=O) groups is 1. The number of fused-ring (bicyclic) bond motifs is 1. The van der Waals surface area contributed by atoms with Crippen LogP contribution < -0.4 is 0 Å². The van der Waals surface area contributed by atoms with E-state index in [9.17, 15) is 4.79 Å². The van der Waals surface area contributed by atoms with Gasteiger partial charge in [0.05, 0.1) is 0 Å². The monoisotopic (exact) mass is 242 g/mol. The van der Waals surface area contributed by atoms with Gasteiger partial charge in [-0.1, -0.05) is 18.2 Å². The average Bonchev–Trinajstić information content (AvgIpc) is 3.04. The lowest BCUT2D eigenvalue weighted by Gasteiger charge is -2.15. The lowest BCUT2D eigenvalue weighted by molar-refractivity contribution is 0.112. The summed E-state index contributed by atoms with van der Waals surface area (Å²) in [6.07, 6.45) is 5.58. The minimum absolute atomic E-state index is 0.798. The molecular formula is C15H18N2O. The normalized spacial score (nSPS) is 16.4. The minimum Gasteiger partial charge on any atom is -0.345 e. The summed E-state index contributed by atoms with van der Waals surface area (Å²) in [7, 11) is 0. The fourth-order valence-electron chi connectivity index (χ4n) is 2.81. The molecule has 3 nitrogen and oxygen atoms in total. The lowest BCUT2D eigenvalue weighted by atomic mass is 10.2. The van der Waals surface area contributed by atoms with E-state index in [2.05, 4.69) is 15.5 Å². The molecule has 0 saturated carbocycles. The first-order chi connectivity index (χ1) is 8.88. The van der Waals surface area contributed by atoms with E-state index in [-0.39, 0.29) is 0 Å². The second-order valence-corrected chi connectivity index (χ2v) is 4.96. The summed E-state index contributed by atoms with van der Waals surface area (Å²) in [5.74, 6) is 0. The molecule has 1 fully saturated rings. The van der Waals surface area contributed by atoms with Gasteiger partial charge in [-0.15, -0.1) is 0 Å². The zero-order valence-electron chi connectivity index (χ0n) is 10.5. The van der Waals surface area contributed by atoms with Crippen molar-refractivity contribution in [3.8, 4) is 0 Å². The van der Waals surface area contributed by atoms with Crippen LogP contribution in [0, 0.1) is 0 Å². The number of nitrogens with zero attached hydrogens (tertiary/aromatic N) is 2. The number of hydrogen-bond donors (Lipinski definition) is 0. The topological polar surface area (TPSA) is 25.2 Å². The van der Waals surface area contributed by atoms with Crippen LogP contribution in [0.2, 0.25) is 0 Å². The molecule has 2 aromatic rings. The van der Waals surface area contributed by atoms with Crippen molar-refractivity contribution in [2.24, 2.45) is 0 Å². The van der Waals surface area contributed by atoms with Crippen LogP contribution in [0.25, 0.3) is 10.9 Å². The molecule has 3 rings (SSSR count). The van der Waals surface area contributed by atoms with Crippen LogP contribution in [0.1, 0.15) is 23.2 Å². The van der Waals surface area contributed by atoms with Crippen LogP contribution in [0.5, 0.6) is 0 Å². The first-order valence-corrected chi connectivity index (χ1v) is 6.64. The first kappa shape index (κ1) is 11.5. The molecule has 1 aliphatic rings. The molecule has 1 aromatic heterocycles. The molecule has 1 aliphatic heterocycles. The Bertz CT molecular complexity index is 553. The third-order valence-electron chi connectivity index (χ3n) is 3.80. The van der Waals surface area contributed by atoms with Gasteiger partial charge in [0.15, 0.2) is 6.29 Å². The van der Waals surface area contributed by atoms with E-state index in [4.69, 9.17) is 0 Å². The van der Waals surface area contributed by atoms with Gasteiger partial charge in [0, 0.05) is 35.8 Å². The van der Waals surface area contributed by atoms with Crippen LogP contribution in [-0.4, -0.2) is 35.4 Å². The van der Waals surface area contributed by atoms with Crippen molar-refractivity contribution in [3.63, 3.8) is 0 Å². The van der Waals surface area contributed by atoms with Crippen molar-refractivity contribution in [3.05, 3.63) is 36.0 Å². The van der Waals surface area contributed by atoms with E-state index >= 15 is 0 Å². The fourth-order valence-corrected chi connectivity index (χ4v) is 2.81. The summed E-state index contributed by atoms with van der Waals surface area (Å²) < 4.78 is 2.21. The van der Waals surface area contributed by atoms with Crippen molar-refractivity contribution in [1.29, 1.82) is 0 Å². The molecule has 1 saturated heterocycles. The van der Waals surface area contributed by atoms with Gasteiger partial charge in [-0.25, -0.2) is 0 Å². The minimum atomic E-state index is 0.798. The number of aldehydes is 1. The molecule has 2 heterocycles. The molecule has 0 atom stereocenters. The molecule has 0 unspecified atom stereocenters. The Labute approximate surface area is 107 Å². The van der Waals surface area contributed by atoms with E-state index in [0.717, 1.165) is 30.3 Å². The molecule has 3 heteroatoms. The predicted octanol–water partition coefficient (Wildman–Crippen LogP) is 2.55. The quantitative estimate of drug-likeness (QED) is 0.770. The van der Waals surface area contributed by atoms with Gasteiger partial charge in [-0.3, -0.25) is 4.79 Å². The number of likely N-dealkylation sites (tertiary alicyclic amines) is 1. The highest BCUT2D eigenvalue weighted by Crippen LogP contribution is 2.20. The van der Waals surface area contributed by atoms with Crippen LogP contribution in [0.3, 0.4) is 0 Å². The lowest BCUT2D eigenvalue weighted by Crippen LogP contribution is -2.23. The van der Waals surface area contributed by atoms with Crippen LogP contribution in [0.4, 0.5) is 0 Å². The Kier molecular flexibility index (Phi) is 3.15. The zero-order valence-corrected chi connectivity index (χ0v) is 10.5. The van der Waals surface area contributed by atoms with Gasteiger partial charge in [0.1, 0.15) is 0 Å². The van der Waals surface area contributed by atoms with Crippen LogP contribution >= 0.6 is 0 Å². The van der Waals surface area contributed by atoms with E-state index in [0.29, 0.717) is 0 Å². The van der Waals surface area contributed by atoms with E-state index in [1.807, 2.05) is 24.4 Å². The molecule has 18 heavy (non-hydrogen) atoms. The molecule has 0 aliphatic carbocycles. The maximum atomic E-state index is 11.1. The van der Waals surface area contributed by atoms with E-state index in [1.54, 1.807) is 0 Å². The van der Waals surface area contributed by atoms with Crippen molar-refractivity contribution < 1.29 is 4.79 Å². The predicted molar refractivity (Wildman–Crippen MR) is 73.0 cm³/mol. The first-order valence-electron chi connectivity index (χ1n) is 6.64. The van der Waals surface area contributed by atoms with Gasteiger partial charge in [-0.2, -0.15) is 0 Å². The molecule has 0 bridgehead atoms. The number of rotatable bonds is 4. The van der Waals surface area contributed by atoms with Gasteiger partial charge < -0.3 is 9.47 Å². The van der Waals surface area contributed by atoms with Crippen molar-refractivity contribution in [2.45, 2.75) is 19.4 Å². The van der Waals surface area contributed by atoms with Crippen molar-refractivity contribution in [2.75, 3.05) is 19.6 Å². The number of hydrogen-bond acceptors (Lipinski definition) is 2. The van der Waals surface area contributed by atoms with Crippen molar-refractivity contribution >= 4 is 17.2 Å².